The molecule has 0 aliphatic carbocycles. The summed E-state index contributed by atoms with van der Waals surface area (Å²) in [6.07, 6.45) is 1.01. The molecule has 4 nitrogen and oxygen atoms in total. The van der Waals surface area contributed by atoms with Gasteiger partial charge in [-0.25, -0.2) is 0 Å². The van der Waals surface area contributed by atoms with Crippen LogP contribution in [0.25, 0.3) is 0 Å². The molecule has 1 heterocycles. The van der Waals surface area contributed by atoms with Crippen LogP contribution in [-0.2, 0) is 16.0 Å². The summed E-state index contributed by atoms with van der Waals surface area (Å²) in [5, 5.41) is 2.39. The molecular formula is C15H19NO3. The molecule has 1 aliphatic heterocycles. The minimum atomic E-state index is -0.367. The molecule has 1 fully saturated rings. The minimum absolute atomic E-state index is 0.186. The molecule has 1 N–H and O–H groups in total. The number of hydrogen-bond acceptors (Lipinski definition) is 3. The minimum Gasteiger partial charge on any atom is -0.496 e. The van der Waals surface area contributed by atoms with Gasteiger partial charge in [-0.05, 0) is 23.5 Å². The van der Waals surface area contributed by atoms with E-state index in [1.807, 2.05) is 38.1 Å². The standard InChI is InChI=1S/C15H19NO3/c1-10-14(18)16-13(17)9-15(10,2)8-11-6-4-5-7-12(11)19-3/h4-7,10H,8-9H2,1-3H3,(H,16,17,18). The monoisotopic (exact) mass is 261 g/mol. The van der Waals surface area contributed by atoms with Gasteiger partial charge in [0.15, 0.2) is 0 Å². The number of hydrogen-bond donors (Lipinski definition) is 1. The highest BCUT2D eigenvalue weighted by Crippen LogP contribution is 2.39. The number of nitrogens with one attached hydrogen (secondary N) is 1. The van der Waals surface area contributed by atoms with E-state index >= 15 is 0 Å². The molecule has 0 bridgehead atoms. The molecule has 2 unspecified atom stereocenters. The molecule has 2 amide bonds. The third-order valence-corrected chi connectivity index (χ3v) is 4.05. The molecular weight excluding hydrogens is 242 g/mol. The first-order chi connectivity index (χ1) is 8.96. The lowest BCUT2D eigenvalue weighted by molar-refractivity contribution is -0.142. The van der Waals surface area contributed by atoms with Crippen molar-refractivity contribution in [2.24, 2.45) is 11.3 Å². The summed E-state index contributed by atoms with van der Waals surface area (Å²) in [4.78, 5) is 23.4. The number of rotatable bonds is 3. The molecule has 1 saturated heterocycles. The molecule has 2 atom stereocenters. The topological polar surface area (TPSA) is 55.4 Å². The Hall–Kier alpha value is -1.84. The Labute approximate surface area is 113 Å². The average Bonchev–Trinajstić information content (AvgIpc) is 2.36. The van der Waals surface area contributed by atoms with Crippen LogP contribution in [0.3, 0.4) is 0 Å². The Morgan fingerprint density at radius 2 is 2.05 bits per heavy atom. The number of ether oxygens (including phenoxy) is 1. The molecule has 1 aliphatic rings. The van der Waals surface area contributed by atoms with Crippen molar-refractivity contribution >= 4 is 11.8 Å². The first-order valence-corrected chi connectivity index (χ1v) is 6.42. The zero-order chi connectivity index (χ0) is 14.0. The second-order valence-corrected chi connectivity index (χ2v) is 5.45. The van der Waals surface area contributed by atoms with Gasteiger partial charge in [-0.15, -0.1) is 0 Å². The summed E-state index contributed by atoms with van der Waals surface area (Å²) in [6.45, 7) is 3.86. The van der Waals surface area contributed by atoms with E-state index in [1.165, 1.54) is 0 Å². The number of methoxy groups -OCH3 is 1. The van der Waals surface area contributed by atoms with Crippen molar-refractivity contribution < 1.29 is 14.3 Å². The van der Waals surface area contributed by atoms with E-state index in [9.17, 15) is 9.59 Å². The lowest BCUT2D eigenvalue weighted by atomic mass is 9.69. The maximum atomic E-state index is 11.8. The van der Waals surface area contributed by atoms with Crippen molar-refractivity contribution in [1.82, 2.24) is 5.32 Å². The van der Waals surface area contributed by atoms with Gasteiger partial charge in [-0.2, -0.15) is 0 Å². The van der Waals surface area contributed by atoms with Crippen LogP contribution in [0.4, 0.5) is 0 Å². The summed E-state index contributed by atoms with van der Waals surface area (Å²) in [6, 6.07) is 7.73. The zero-order valence-corrected chi connectivity index (χ0v) is 11.5. The van der Waals surface area contributed by atoms with Gasteiger partial charge < -0.3 is 4.74 Å². The quantitative estimate of drug-likeness (QED) is 0.846. The smallest absolute Gasteiger partial charge is 0.229 e. The molecule has 102 valence electrons. The Kier molecular flexibility index (Phi) is 3.60. The zero-order valence-electron chi connectivity index (χ0n) is 11.5. The fourth-order valence-electron chi connectivity index (χ4n) is 2.63. The van der Waals surface area contributed by atoms with E-state index in [-0.39, 0.29) is 23.1 Å². The normalized spacial score (nSPS) is 27.0. The number of carbonyl (C=O) groups excluding carboxylic acids is 2. The summed E-state index contributed by atoms with van der Waals surface area (Å²) < 4.78 is 5.34. The summed E-state index contributed by atoms with van der Waals surface area (Å²) in [5.41, 5.74) is 0.662. The van der Waals surface area contributed by atoms with Crippen LogP contribution in [0.1, 0.15) is 25.8 Å². The SMILES string of the molecule is COc1ccccc1CC1(C)CC(=O)NC(=O)C1C. The van der Waals surface area contributed by atoms with E-state index < -0.39 is 0 Å². The van der Waals surface area contributed by atoms with Gasteiger partial charge in [0.05, 0.1) is 7.11 Å². The van der Waals surface area contributed by atoms with Crippen molar-refractivity contribution in [2.75, 3.05) is 7.11 Å². The predicted octanol–water partition coefficient (Wildman–Crippen LogP) is 1.93. The maximum absolute atomic E-state index is 11.8. The van der Waals surface area contributed by atoms with Crippen molar-refractivity contribution in [1.29, 1.82) is 0 Å². The Morgan fingerprint density at radius 3 is 2.74 bits per heavy atom. The molecule has 19 heavy (non-hydrogen) atoms. The fourth-order valence-corrected chi connectivity index (χ4v) is 2.63. The molecule has 0 saturated carbocycles. The van der Waals surface area contributed by atoms with E-state index in [0.717, 1.165) is 11.3 Å². The molecule has 1 aromatic carbocycles. The van der Waals surface area contributed by atoms with E-state index in [4.69, 9.17) is 4.74 Å². The number of carbonyl (C=O) groups is 2. The third-order valence-electron chi connectivity index (χ3n) is 4.05. The van der Waals surface area contributed by atoms with Crippen LogP contribution in [0.5, 0.6) is 5.75 Å². The van der Waals surface area contributed by atoms with Crippen molar-refractivity contribution in [2.45, 2.75) is 26.7 Å². The largest absolute Gasteiger partial charge is 0.496 e. The maximum Gasteiger partial charge on any atom is 0.229 e. The van der Waals surface area contributed by atoms with Crippen LogP contribution in [-0.4, -0.2) is 18.9 Å². The highest BCUT2D eigenvalue weighted by molar-refractivity contribution is 5.99. The van der Waals surface area contributed by atoms with Crippen molar-refractivity contribution in [3.63, 3.8) is 0 Å². The van der Waals surface area contributed by atoms with Crippen molar-refractivity contribution in [3.8, 4) is 5.75 Å². The van der Waals surface area contributed by atoms with Crippen LogP contribution in [0, 0.1) is 11.3 Å². The lowest BCUT2D eigenvalue weighted by Crippen LogP contribution is -2.50. The first kappa shape index (κ1) is 13.6. The average molecular weight is 261 g/mol. The molecule has 0 aromatic heterocycles. The first-order valence-electron chi connectivity index (χ1n) is 6.42. The molecule has 0 radical (unpaired) electrons. The molecule has 2 rings (SSSR count). The second-order valence-electron chi connectivity index (χ2n) is 5.45. The Bertz CT molecular complexity index is 512. The summed E-state index contributed by atoms with van der Waals surface area (Å²) >= 11 is 0. The van der Waals surface area contributed by atoms with Crippen molar-refractivity contribution in [3.05, 3.63) is 29.8 Å². The van der Waals surface area contributed by atoms with Crippen LogP contribution >= 0.6 is 0 Å². The van der Waals surface area contributed by atoms with Gasteiger partial charge in [0.2, 0.25) is 11.8 Å². The van der Waals surface area contributed by atoms with Crippen LogP contribution in [0.15, 0.2) is 24.3 Å². The number of imide groups is 1. The highest BCUT2D eigenvalue weighted by atomic mass is 16.5. The fraction of sp³-hybridized carbons (Fsp3) is 0.467. The Balaban J connectivity index is 2.29. The van der Waals surface area contributed by atoms with Gasteiger partial charge in [0, 0.05) is 12.3 Å². The van der Waals surface area contributed by atoms with Crippen LogP contribution in [0.2, 0.25) is 0 Å². The lowest BCUT2D eigenvalue weighted by Gasteiger charge is -2.38. The molecule has 1 aromatic rings. The van der Waals surface area contributed by atoms with Crippen LogP contribution < -0.4 is 10.1 Å². The van der Waals surface area contributed by atoms with Gasteiger partial charge >= 0.3 is 0 Å². The number of amides is 2. The van der Waals surface area contributed by atoms with Gasteiger partial charge in [0.25, 0.3) is 0 Å². The summed E-state index contributed by atoms with van der Waals surface area (Å²) in [7, 11) is 1.63. The van der Waals surface area contributed by atoms with Gasteiger partial charge in [-0.3, -0.25) is 14.9 Å². The van der Waals surface area contributed by atoms with E-state index in [0.29, 0.717) is 12.8 Å². The molecule has 4 heteroatoms. The highest BCUT2D eigenvalue weighted by Gasteiger charge is 2.42. The third kappa shape index (κ3) is 2.62. The summed E-state index contributed by atoms with van der Waals surface area (Å²) in [5.74, 6) is 0.221. The Morgan fingerprint density at radius 1 is 1.37 bits per heavy atom. The predicted molar refractivity (Wildman–Crippen MR) is 71.7 cm³/mol. The van der Waals surface area contributed by atoms with Gasteiger partial charge in [-0.1, -0.05) is 32.0 Å². The molecule has 0 spiro atoms. The van der Waals surface area contributed by atoms with E-state index in [1.54, 1.807) is 7.11 Å². The number of para-hydroxylation sites is 1. The van der Waals surface area contributed by atoms with Gasteiger partial charge in [0.1, 0.15) is 5.75 Å². The number of piperidine rings is 1. The van der Waals surface area contributed by atoms with E-state index in [2.05, 4.69) is 5.32 Å². The second kappa shape index (κ2) is 5.03. The number of benzene rings is 1.